The number of nitro benzene ring substituents is 1. The molecule has 1 saturated heterocycles. The van der Waals surface area contributed by atoms with Crippen LogP contribution in [0, 0.1) is 24.0 Å². The van der Waals surface area contributed by atoms with Crippen molar-refractivity contribution in [3.63, 3.8) is 0 Å². The number of non-ortho nitro benzene ring substituents is 1. The van der Waals surface area contributed by atoms with Crippen LogP contribution in [0.15, 0.2) is 41.3 Å². The van der Waals surface area contributed by atoms with Crippen molar-refractivity contribution in [3.8, 4) is 0 Å². The molecule has 0 aromatic heterocycles. The van der Waals surface area contributed by atoms with E-state index in [1.54, 1.807) is 26.0 Å². The number of amides is 1. The lowest BCUT2D eigenvalue weighted by molar-refractivity contribution is -0.384. The summed E-state index contributed by atoms with van der Waals surface area (Å²) >= 11 is 0. The number of hydrogen-bond donors (Lipinski definition) is 1. The van der Waals surface area contributed by atoms with Gasteiger partial charge in [-0.3, -0.25) is 14.9 Å². The Kier molecular flexibility index (Phi) is 5.99. The summed E-state index contributed by atoms with van der Waals surface area (Å²) in [5.74, 6) is -0.531. The van der Waals surface area contributed by atoms with Crippen LogP contribution >= 0.6 is 0 Å². The molecule has 0 spiro atoms. The molecule has 1 amide bonds. The third-order valence-electron chi connectivity index (χ3n) is 5.06. The van der Waals surface area contributed by atoms with E-state index in [1.165, 1.54) is 28.6 Å². The van der Waals surface area contributed by atoms with Gasteiger partial charge in [-0.25, -0.2) is 8.42 Å². The van der Waals surface area contributed by atoms with Crippen LogP contribution in [0.1, 0.15) is 40.7 Å². The summed E-state index contributed by atoms with van der Waals surface area (Å²) in [5.41, 5.74) is 1.49. The van der Waals surface area contributed by atoms with Gasteiger partial charge in [-0.1, -0.05) is 18.6 Å². The van der Waals surface area contributed by atoms with Crippen molar-refractivity contribution in [3.05, 3.63) is 63.2 Å². The average Bonchev–Trinajstić information content (AvgIpc) is 2.70. The largest absolute Gasteiger partial charge is 0.322 e. The van der Waals surface area contributed by atoms with E-state index in [9.17, 15) is 23.3 Å². The molecule has 2 aromatic rings. The maximum atomic E-state index is 13.0. The smallest absolute Gasteiger partial charge is 0.270 e. The molecule has 8 nitrogen and oxygen atoms in total. The molecule has 0 aliphatic carbocycles. The first-order valence-electron chi connectivity index (χ1n) is 9.37. The normalized spacial score (nSPS) is 15.1. The van der Waals surface area contributed by atoms with Crippen LogP contribution in [-0.4, -0.2) is 36.6 Å². The number of aryl methyl sites for hydroxylation is 2. The second-order valence-corrected chi connectivity index (χ2v) is 9.06. The van der Waals surface area contributed by atoms with Gasteiger partial charge in [0.1, 0.15) is 0 Å². The van der Waals surface area contributed by atoms with Gasteiger partial charge in [-0.05, 0) is 49.9 Å². The number of carbonyl (C=O) groups is 1. The maximum absolute atomic E-state index is 13.0. The number of piperidine rings is 1. The summed E-state index contributed by atoms with van der Waals surface area (Å²) in [4.78, 5) is 23.3. The Bertz CT molecular complexity index is 1060. The average molecular weight is 417 g/mol. The lowest BCUT2D eigenvalue weighted by atomic mass is 10.1. The quantitative estimate of drug-likeness (QED) is 0.590. The highest BCUT2D eigenvalue weighted by Gasteiger charge is 2.27. The third kappa shape index (κ3) is 4.46. The molecule has 2 aromatic carbocycles. The number of hydrogen-bond acceptors (Lipinski definition) is 5. The van der Waals surface area contributed by atoms with E-state index in [1.807, 2.05) is 0 Å². The van der Waals surface area contributed by atoms with E-state index in [-0.39, 0.29) is 16.1 Å². The standard InChI is InChI=1S/C20H23N3O5S/c1-14-7-9-17(23(25)26)13-18(14)20(24)21-16-8-6-15(2)19(12-16)29(27,28)22-10-4-3-5-11-22/h6-9,12-13H,3-5,10-11H2,1-2H3,(H,21,24). The van der Waals surface area contributed by atoms with E-state index < -0.39 is 20.9 Å². The van der Waals surface area contributed by atoms with Crippen LogP contribution in [0.5, 0.6) is 0 Å². The molecule has 0 radical (unpaired) electrons. The van der Waals surface area contributed by atoms with Gasteiger partial charge < -0.3 is 5.32 Å². The number of anilines is 1. The number of nitro groups is 1. The highest BCUT2D eigenvalue weighted by Crippen LogP contribution is 2.27. The molecular weight excluding hydrogens is 394 g/mol. The second kappa shape index (κ2) is 8.30. The predicted molar refractivity (Wildman–Crippen MR) is 110 cm³/mol. The summed E-state index contributed by atoms with van der Waals surface area (Å²) in [6.07, 6.45) is 2.69. The Labute approximate surface area is 169 Å². The van der Waals surface area contributed by atoms with E-state index in [4.69, 9.17) is 0 Å². The van der Waals surface area contributed by atoms with Crippen molar-refractivity contribution in [2.24, 2.45) is 0 Å². The Morgan fingerprint density at radius 3 is 2.34 bits per heavy atom. The number of sulfonamides is 1. The van der Waals surface area contributed by atoms with Gasteiger partial charge in [0, 0.05) is 36.5 Å². The fourth-order valence-corrected chi connectivity index (χ4v) is 5.13. The van der Waals surface area contributed by atoms with Crippen LogP contribution in [0.4, 0.5) is 11.4 Å². The third-order valence-corrected chi connectivity index (χ3v) is 7.10. The van der Waals surface area contributed by atoms with Crippen molar-refractivity contribution in [2.45, 2.75) is 38.0 Å². The molecular formula is C20H23N3O5S. The summed E-state index contributed by atoms with van der Waals surface area (Å²) in [5, 5.41) is 13.7. The molecule has 1 N–H and O–H groups in total. The summed E-state index contributed by atoms with van der Waals surface area (Å²) < 4.78 is 27.5. The van der Waals surface area contributed by atoms with E-state index >= 15 is 0 Å². The second-order valence-electron chi connectivity index (χ2n) is 7.16. The van der Waals surface area contributed by atoms with Gasteiger partial charge in [-0.2, -0.15) is 4.31 Å². The Morgan fingerprint density at radius 1 is 1.03 bits per heavy atom. The molecule has 0 bridgehead atoms. The first-order chi connectivity index (χ1) is 13.7. The maximum Gasteiger partial charge on any atom is 0.270 e. The first-order valence-corrected chi connectivity index (χ1v) is 10.8. The number of nitrogens with zero attached hydrogens (tertiary/aromatic N) is 2. The number of rotatable bonds is 5. The van der Waals surface area contributed by atoms with Gasteiger partial charge in [0.2, 0.25) is 10.0 Å². The van der Waals surface area contributed by atoms with E-state index in [2.05, 4.69) is 5.32 Å². The van der Waals surface area contributed by atoms with Crippen LogP contribution < -0.4 is 5.32 Å². The van der Waals surface area contributed by atoms with Crippen molar-refractivity contribution < 1.29 is 18.1 Å². The van der Waals surface area contributed by atoms with Crippen molar-refractivity contribution >= 4 is 27.3 Å². The van der Waals surface area contributed by atoms with E-state index in [0.29, 0.717) is 29.9 Å². The van der Waals surface area contributed by atoms with Crippen molar-refractivity contribution in [1.82, 2.24) is 4.31 Å². The molecule has 1 heterocycles. The van der Waals surface area contributed by atoms with Crippen LogP contribution in [0.25, 0.3) is 0 Å². The van der Waals surface area contributed by atoms with Gasteiger partial charge in [0.05, 0.1) is 9.82 Å². The minimum absolute atomic E-state index is 0.160. The zero-order valence-electron chi connectivity index (χ0n) is 16.3. The van der Waals surface area contributed by atoms with Crippen LogP contribution in [0.2, 0.25) is 0 Å². The molecule has 29 heavy (non-hydrogen) atoms. The summed E-state index contributed by atoms with van der Waals surface area (Å²) in [7, 11) is -3.65. The van der Waals surface area contributed by atoms with Crippen LogP contribution in [0.3, 0.4) is 0 Å². The Morgan fingerprint density at radius 2 is 1.69 bits per heavy atom. The monoisotopic (exact) mass is 417 g/mol. The molecule has 0 atom stereocenters. The van der Waals surface area contributed by atoms with E-state index in [0.717, 1.165) is 19.3 Å². The zero-order chi connectivity index (χ0) is 21.2. The summed E-state index contributed by atoms with van der Waals surface area (Å²) in [6, 6.07) is 8.77. The Hall–Kier alpha value is -2.78. The van der Waals surface area contributed by atoms with Gasteiger partial charge in [-0.15, -0.1) is 0 Å². The fraction of sp³-hybridized carbons (Fsp3) is 0.350. The molecule has 9 heteroatoms. The zero-order valence-corrected chi connectivity index (χ0v) is 17.2. The molecule has 0 unspecified atom stereocenters. The fourth-order valence-electron chi connectivity index (χ4n) is 3.37. The van der Waals surface area contributed by atoms with Gasteiger partial charge in [0.15, 0.2) is 0 Å². The molecule has 3 rings (SSSR count). The molecule has 1 aliphatic heterocycles. The lowest BCUT2D eigenvalue weighted by Gasteiger charge is -2.26. The number of carbonyl (C=O) groups excluding carboxylic acids is 1. The Balaban J connectivity index is 1.90. The highest BCUT2D eigenvalue weighted by molar-refractivity contribution is 7.89. The summed E-state index contributed by atoms with van der Waals surface area (Å²) in [6.45, 7) is 4.38. The van der Waals surface area contributed by atoms with Crippen molar-refractivity contribution in [1.29, 1.82) is 0 Å². The molecule has 1 fully saturated rings. The lowest BCUT2D eigenvalue weighted by Crippen LogP contribution is -2.36. The molecule has 154 valence electrons. The predicted octanol–water partition coefficient (Wildman–Crippen LogP) is 3.64. The topological polar surface area (TPSA) is 110 Å². The number of nitrogens with one attached hydrogen (secondary N) is 1. The SMILES string of the molecule is Cc1ccc([N+](=O)[O-])cc1C(=O)Nc1ccc(C)c(S(=O)(=O)N2CCCCC2)c1. The minimum Gasteiger partial charge on any atom is -0.322 e. The van der Waals surface area contributed by atoms with Crippen LogP contribution in [-0.2, 0) is 10.0 Å². The van der Waals surface area contributed by atoms with Crippen molar-refractivity contribution in [2.75, 3.05) is 18.4 Å². The molecule has 1 aliphatic rings. The highest BCUT2D eigenvalue weighted by atomic mass is 32.2. The first kappa shape index (κ1) is 20.9. The van der Waals surface area contributed by atoms with Gasteiger partial charge in [0.25, 0.3) is 11.6 Å². The minimum atomic E-state index is -3.65. The molecule has 0 saturated carbocycles. The number of benzene rings is 2. The van der Waals surface area contributed by atoms with Gasteiger partial charge >= 0.3 is 0 Å².